The minimum atomic E-state index is -0.927. The van der Waals surface area contributed by atoms with Crippen molar-refractivity contribution in [3.63, 3.8) is 0 Å². The van der Waals surface area contributed by atoms with Gasteiger partial charge in [-0.05, 0) is 25.1 Å². The van der Waals surface area contributed by atoms with E-state index in [1.54, 1.807) is 6.92 Å². The Morgan fingerprint density at radius 3 is 2.81 bits per heavy atom. The summed E-state index contributed by atoms with van der Waals surface area (Å²) in [7, 11) is 0. The molecule has 21 heavy (non-hydrogen) atoms. The van der Waals surface area contributed by atoms with E-state index >= 15 is 0 Å². The fourth-order valence-corrected chi connectivity index (χ4v) is 1.79. The van der Waals surface area contributed by atoms with Crippen molar-refractivity contribution >= 4 is 33.7 Å². The molecule has 1 amide bonds. The molecule has 0 aliphatic carbocycles. The topological polar surface area (TPSA) is 81.4 Å². The van der Waals surface area contributed by atoms with Gasteiger partial charge < -0.3 is 9.26 Å². The zero-order valence-electron chi connectivity index (χ0n) is 10.9. The zero-order valence-corrected chi connectivity index (χ0v) is 12.4. The fourth-order valence-electron chi connectivity index (χ4n) is 1.46. The smallest absolute Gasteiger partial charge is 0.341 e. The highest BCUT2D eigenvalue weighted by atomic mass is 79.9. The van der Waals surface area contributed by atoms with Crippen molar-refractivity contribution in [1.82, 2.24) is 5.16 Å². The summed E-state index contributed by atoms with van der Waals surface area (Å²) >= 11 is 3.07. The molecule has 0 aliphatic heterocycles. The second-order valence-electron chi connectivity index (χ2n) is 4.08. The number of benzene rings is 1. The first kappa shape index (κ1) is 15.2. The second-order valence-corrected chi connectivity index (χ2v) is 5.00. The Bertz CT molecular complexity index is 687. The highest BCUT2D eigenvalue weighted by Crippen LogP contribution is 2.16. The molecule has 0 radical (unpaired) electrons. The van der Waals surface area contributed by atoms with Gasteiger partial charge in [-0.25, -0.2) is 9.18 Å². The third-order valence-corrected chi connectivity index (χ3v) is 2.87. The minimum absolute atomic E-state index is 0.142. The van der Waals surface area contributed by atoms with Crippen molar-refractivity contribution in [2.75, 3.05) is 11.9 Å². The number of nitrogens with zero attached hydrogens (tertiary/aromatic N) is 1. The molecule has 1 heterocycles. The minimum Gasteiger partial charge on any atom is -0.452 e. The van der Waals surface area contributed by atoms with Crippen LogP contribution in [0.5, 0.6) is 0 Å². The molecular formula is C13H10BrFN2O4. The highest BCUT2D eigenvalue weighted by molar-refractivity contribution is 9.10. The molecule has 110 valence electrons. The van der Waals surface area contributed by atoms with E-state index in [1.807, 2.05) is 0 Å². The number of aryl methyl sites for hydroxylation is 1. The number of anilines is 1. The first-order chi connectivity index (χ1) is 9.95. The number of halogens is 2. The van der Waals surface area contributed by atoms with Gasteiger partial charge in [-0.3, -0.25) is 10.1 Å². The van der Waals surface area contributed by atoms with Crippen LogP contribution in [0.2, 0.25) is 0 Å². The fraction of sp³-hybridized carbons (Fsp3) is 0.154. The monoisotopic (exact) mass is 356 g/mol. The van der Waals surface area contributed by atoms with E-state index < -0.39 is 24.3 Å². The molecule has 0 atom stereocenters. The standard InChI is InChI=1S/C13H10BrFN2O4/c1-7-4-12(21-17-7)16-11(18)6-20-13(19)9-3-2-8(14)5-10(9)15/h2-5H,6H2,1H3,(H,16,18). The Hall–Kier alpha value is -2.22. The SMILES string of the molecule is Cc1cc(NC(=O)COC(=O)c2ccc(Br)cc2F)on1. The number of rotatable bonds is 4. The average Bonchev–Trinajstić information content (AvgIpc) is 2.81. The number of nitrogens with one attached hydrogen (secondary N) is 1. The summed E-state index contributed by atoms with van der Waals surface area (Å²) in [6.07, 6.45) is 0. The van der Waals surface area contributed by atoms with Crippen LogP contribution in [-0.2, 0) is 9.53 Å². The largest absolute Gasteiger partial charge is 0.452 e. The van der Waals surface area contributed by atoms with Crippen LogP contribution < -0.4 is 5.32 Å². The van der Waals surface area contributed by atoms with Crippen molar-refractivity contribution in [1.29, 1.82) is 0 Å². The number of ether oxygens (including phenoxy) is 1. The number of hydrogen-bond donors (Lipinski definition) is 1. The molecule has 6 nitrogen and oxygen atoms in total. The number of hydrogen-bond acceptors (Lipinski definition) is 5. The summed E-state index contributed by atoms with van der Waals surface area (Å²) in [5.74, 6) is -2.13. The predicted octanol–water partition coefficient (Wildman–Crippen LogP) is 2.68. The molecule has 0 bridgehead atoms. The van der Waals surface area contributed by atoms with Crippen molar-refractivity contribution in [3.8, 4) is 0 Å². The van der Waals surface area contributed by atoms with Crippen LogP contribution in [0.1, 0.15) is 16.1 Å². The Morgan fingerprint density at radius 1 is 1.43 bits per heavy atom. The van der Waals surface area contributed by atoms with Gasteiger partial charge in [0.2, 0.25) is 5.88 Å². The van der Waals surface area contributed by atoms with Crippen LogP contribution in [0.25, 0.3) is 0 Å². The van der Waals surface area contributed by atoms with Gasteiger partial charge in [0.1, 0.15) is 5.82 Å². The lowest BCUT2D eigenvalue weighted by Gasteiger charge is -2.05. The average molecular weight is 357 g/mol. The predicted molar refractivity (Wildman–Crippen MR) is 74.3 cm³/mol. The van der Waals surface area contributed by atoms with Crippen LogP contribution in [0.3, 0.4) is 0 Å². The van der Waals surface area contributed by atoms with Gasteiger partial charge in [0.05, 0.1) is 11.3 Å². The summed E-state index contributed by atoms with van der Waals surface area (Å²) < 4.78 is 23.5. The molecule has 2 rings (SSSR count). The quantitative estimate of drug-likeness (QED) is 0.851. The van der Waals surface area contributed by atoms with E-state index in [1.165, 1.54) is 18.2 Å². The van der Waals surface area contributed by atoms with E-state index in [4.69, 9.17) is 9.26 Å². The lowest BCUT2D eigenvalue weighted by Crippen LogP contribution is -2.21. The number of carbonyl (C=O) groups excluding carboxylic acids is 2. The molecule has 1 aromatic carbocycles. The summed E-state index contributed by atoms with van der Waals surface area (Å²) in [6, 6.07) is 5.40. The van der Waals surface area contributed by atoms with E-state index in [0.29, 0.717) is 10.2 Å². The molecular weight excluding hydrogens is 347 g/mol. The first-order valence-corrected chi connectivity index (χ1v) is 6.60. The van der Waals surface area contributed by atoms with E-state index in [0.717, 1.165) is 6.07 Å². The van der Waals surface area contributed by atoms with Crippen molar-refractivity contribution in [2.45, 2.75) is 6.92 Å². The summed E-state index contributed by atoms with van der Waals surface area (Å²) in [5.41, 5.74) is 0.348. The molecule has 0 saturated heterocycles. The molecule has 1 aromatic heterocycles. The zero-order chi connectivity index (χ0) is 15.4. The number of carbonyl (C=O) groups is 2. The Labute approximate surface area is 127 Å². The van der Waals surface area contributed by atoms with Gasteiger partial charge in [-0.2, -0.15) is 0 Å². The lowest BCUT2D eigenvalue weighted by molar-refractivity contribution is -0.119. The molecule has 0 spiro atoms. The summed E-state index contributed by atoms with van der Waals surface area (Å²) in [5, 5.41) is 5.93. The van der Waals surface area contributed by atoms with Crippen molar-refractivity contribution in [3.05, 3.63) is 45.8 Å². The molecule has 1 N–H and O–H groups in total. The normalized spacial score (nSPS) is 10.2. The van der Waals surface area contributed by atoms with Crippen LogP contribution in [0.4, 0.5) is 10.3 Å². The molecule has 8 heteroatoms. The summed E-state index contributed by atoms with van der Waals surface area (Å²) in [6.45, 7) is 1.13. The van der Waals surface area contributed by atoms with Gasteiger partial charge in [-0.1, -0.05) is 21.1 Å². The summed E-state index contributed by atoms with van der Waals surface area (Å²) in [4.78, 5) is 23.2. The van der Waals surface area contributed by atoms with Gasteiger partial charge in [-0.15, -0.1) is 0 Å². The molecule has 0 unspecified atom stereocenters. The van der Waals surface area contributed by atoms with E-state index in [-0.39, 0.29) is 11.4 Å². The van der Waals surface area contributed by atoms with Crippen molar-refractivity contribution in [2.24, 2.45) is 0 Å². The van der Waals surface area contributed by atoms with Crippen LogP contribution in [-0.4, -0.2) is 23.6 Å². The van der Waals surface area contributed by atoms with Gasteiger partial charge >= 0.3 is 5.97 Å². The number of aromatic nitrogens is 1. The third kappa shape index (κ3) is 4.12. The Balaban J connectivity index is 1.90. The van der Waals surface area contributed by atoms with Crippen LogP contribution in [0.15, 0.2) is 33.3 Å². The number of amides is 1. The second kappa shape index (κ2) is 6.49. The molecule has 0 saturated carbocycles. The highest BCUT2D eigenvalue weighted by Gasteiger charge is 2.15. The molecule has 0 aliphatic rings. The maximum atomic E-state index is 13.5. The lowest BCUT2D eigenvalue weighted by atomic mass is 10.2. The maximum absolute atomic E-state index is 13.5. The maximum Gasteiger partial charge on any atom is 0.341 e. The van der Waals surface area contributed by atoms with E-state index in [9.17, 15) is 14.0 Å². The molecule has 2 aromatic rings. The van der Waals surface area contributed by atoms with Crippen LogP contribution >= 0.6 is 15.9 Å². The van der Waals surface area contributed by atoms with Gasteiger partial charge in [0, 0.05) is 10.5 Å². The van der Waals surface area contributed by atoms with E-state index in [2.05, 4.69) is 26.4 Å². The van der Waals surface area contributed by atoms with Gasteiger partial charge in [0.25, 0.3) is 5.91 Å². The Morgan fingerprint density at radius 2 is 2.19 bits per heavy atom. The number of esters is 1. The van der Waals surface area contributed by atoms with Gasteiger partial charge in [0.15, 0.2) is 6.61 Å². The van der Waals surface area contributed by atoms with Crippen LogP contribution in [0, 0.1) is 12.7 Å². The first-order valence-electron chi connectivity index (χ1n) is 5.81. The molecule has 0 fully saturated rings. The van der Waals surface area contributed by atoms with Crippen molar-refractivity contribution < 1.29 is 23.2 Å². The Kier molecular flexibility index (Phi) is 4.69. The third-order valence-electron chi connectivity index (χ3n) is 2.38.